The van der Waals surface area contributed by atoms with Crippen molar-refractivity contribution in [2.45, 2.75) is 13.3 Å². The highest BCUT2D eigenvalue weighted by atomic mass is 16.1. The van der Waals surface area contributed by atoms with Crippen LogP contribution in [0.1, 0.15) is 11.4 Å². The summed E-state index contributed by atoms with van der Waals surface area (Å²) in [4.78, 5) is 20.5. The van der Waals surface area contributed by atoms with Crippen LogP contribution in [0.25, 0.3) is 5.82 Å². The lowest BCUT2D eigenvalue weighted by atomic mass is 10.1. The Morgan fingerprint density at radius 1 is 1.14 bits per heavy atom. The Bertz CT molecular complexity index is 763. The number of aromatic nitrogens is 3. The summed E-state index contributed by atoms with van der Waals surface area (Å²) in [5, 5.41) is 2.85. The van der Waals surface area contributed by atoms with Crippen LogP contribution >= 0.6 is 0 Å². The van der Waals surface area contributed by atoms with Gasteiger partial charge in [-0.15, -0.1) is 0 Å². The molecule has 22 heavy (non-hydrogen) atoms. The third-order valence-corrected chi connectivity index (χ3v) is 3.31. The minimum atomic E-state index is -0.0560. The minimum Gasteiger partial charge on any atom is -0.324 e. The quantitative estimate of drug-likeness (QED) is 0.804. The number of aryl methyl sites for hydroxylation is 1. The van der Waals surface area contributed by atoms with E-state index in [4.69, 9.17) is 0 Å². The second-order valence-corrected chi connectivity index (χ2v) is 4.96. The molecule has 0 bridgehead atoms. The molecule has 1 amide bonds. The number of rotatable bonds is 4. The van der Waals surface area contributed by atoms with Gasteiger partial charge in [-0.3, -0.25) is 9.36 Å². The number of carbonyl (C=O) groups excluding carboxylic acids is 1. The van der Waals surface area contributed by atoms with Crippen molar-refractivity contribution in [2.24, 2.45) is 0 Å². The van der Waals surface area contributed by atoms with Gasteiger partial charge in [0.25, 0.3) is 0 Å². The molecule has 0 unspecified atom stereocenters. The molecule has 3 rings (SSSR count). The lowest BCUT2D eigenvalue weighted by molar-refractivity contribution is -0.115. The number of amides is 1. The summed E-state index contributed by atoms with van der Waals surface area (Å²) in [5.74, 6) is 1.59. The van der Waals surface area contributed by atoms with Crippen LogP contribution in [0, 0.1) is 6.92 Å². The van der Waals surface area contributed by atoms with Gasteiger partial charge in [0.05, 0.1) is 18.3 Å². The van der Waals surface area contributed by atoms with Crippen molar-refractivity contribution in [3.8, 4) is 5.82 Å². The summed E-state index contributed by atoms with van der Waals surface area (Å²) >= 11 is 0. The number of hydrogen-bond donors (Lipinski definition) is 1. The molecule has 0 radical (unpaired) electrons. The van der Waals surface area contributed by atoms with Crippen LogP contribution in [0.4, 0.5) is 5.69 Å². The molecule has 0 aliphatic rings. The summed E-state index contributed by atoms with van der Waals surface area (Å²) in [5.41, 5.74) is 1.67. The third kappa shape index (κ3) is 3.20. The number of carbonyl (C=O) groups is 1. The topological polar surface area (TPSA) is 59.8 Å². The number of nitrogens with one attached hydrogen (secondary N) is 1. The van der Waals surface area contributed by atoms with Crippen LogP contribution in [0.5, 0.6) is 0 Å². The number of hydrogen-bond acceptors (Lipinski definition) is 3. The molecule has 0 atom stereocenters. The first-order valence-electron chi connectivity index (χ1n) is 7.02. The lowest BCUT2D eigenvalue weighted by Crippen LogP contribution is -2.14. The minimum absolute atomic E-state index is 0.0560. The van der Waals surface area contributed by atoms with Gasteiger partial charge < -0.3 is 5.32 Å². The monoisotopic (exact) mass is 292 g/mol. The molecule has 1 aromatic carbocycles. The van der Waals surface area contributed by atoms with E-state index in [9.17, 15) is 4.79 Å². The first-order chi connectivity index (χ1) is 10.7. The van der Waals surface area contributed by atoms with Crippen molar-refractivity contribution in [1.29, 1.82) is 0 Å². The predicted molar refractivity (Wildman–Crippen MR) is 84.9 cm³/mol. The van der Waals surface area contributed by atoms with Gasteiger partial charge in [-0.25, -0.2) is 9.97 Å². The van der Waals surface area contributed by atoms with E-state index in [1.54, 1.807) is 12.4 Å². The van der Waals surface area contributed by atoms with Crippen molar-refractivity contribution in [1.82, 2.24) is 14.5 Å². The zero-order valence-corrected chi connectivity index (χ0v) is 12.2. The van der Waals surface area contributed by atoms with Crippen molar-refractivity contribution >= 4 is 11.6 Å². The normalized spacial score (nSPS) is 10.4. The standard InChI is InChI=1S/C17H16N4O/c1-13-18-9-10-21(13)16-8-7-15(12-19-16)20-17(22)11-14-5-3-2-4-6-14/h2-10,12H,11H2,1H3,(H,20,22). The summed E-state index contributed by atoms with van der Waals surface area (Å²) < 4.78 is 1.88. The average molecular weight is 292 g/mol. The molecule has 0 saturated carbocycles. The van der Waals surface area contributed by atoms with Crippen molar-refractivity contribution in [3.63, 3.8) is 0 Å². The zero-order valence-electron chi connectivity index (χ0n) is 12.2. The first-order valence-corrected chi connectivity index (χ1v) is 7.02. The molecule has 0 fully saturated rings. The molecule has 0 aliphatic carbocycles. The van der Waals surface area contributed by atoms with E-state index in [0.717, 1.165) is 17.2 Å². The van der Waals surface area contributed by atoms with Crippen molar-refractivity contribution in [2.75, 3.05) is 5.32 Å². The van der Waals surface area contributed by atoms with Crippen LogP contribution in [0.15, 0.2) is 61.1 Å². The highest BCUT2D eigenvalue weighted by Crippen LogP contribution is 2.12. The maximum atomic E-state index is 12.0. The largest absolute Gasteiger partial charge is 0.324 e. The summed E-state index contributed by atoms with van der Waals surface area (Å²) in [6, 6.07) is 13.3. The SMILES string of the molecule is Cc1nccn1-c1ccc(NC(=O)Cc2ccccc2)cn1. The maximum Gasteiger partial charge on any atom is 0.228 e. The molecule has 1 N–H and O–H groups in total. The van der Waals surface area contributed by atoms with Gasteiger partial charge in [-0.2, -0.15) is 0 Å². The smallest absolute Gasteiger partial charge is 0.228 e. The summed E-state index contributed by atoms with van der Waals surface area (Å²) in [7, 11) is 0. The molecular formula is C17H16N4O. The lowest BCUT2D eigenvalue weighted by Gasteiger charge is -2.07. The fourth-order valence-corrected chi connectivity index (χ4v) is 2.21. The van der Waals surface area contributed by atoms with Gasteiger partial charge in [-0.1, -0.05) is 30.3 Å². The van der Waals surface area contributed by atoms with Gasteiger partial charge in [0, 0.05) is 12.4 Å². The van der Waals surface area contributed by atoms with E-state index in [2.05, 4.69) is 15.3 Å². The van der Waals surface area contributed by atoms with E-state index in [0.29, 0.717) is 12.1 Å². The number of pyridine rings is 1. The van der Waals surface area contributed by atoms with E-state index >= 15 is 0 Å². The molecule has 0 aliphatic heterocycles. The van der Waals surface area contributed by atoms with Crippen molar-refractivity contribution in [3.05, 3.63) is 72.4 Å². The molecule has 0 spiro atoms. The van der Waals surface area contributed by atoms with Crippen LogP contribution in [0.3, 0.4) is 0 Å². The number of imidazole rings is 1. The predicted octanol–water partition coefficient (Wildman–Crippen LogP) is 2.76. The maximum absolute atomic E-state index is 12.0. The van der Waals surface area contributed by atoms with Crippen LogP contribution in [-0.2, 0) is 11.2 Å². The van der Waals surface area contributed by atoms with Gasteiger partial charge in [0.1, 0.15) is 11.6 Å². The van der Waals surface area contributed by atoms with E-state index in [1.807, 2.05) is 60.2 Å². The Balaban J connectivity index is 1.66. The second-order valence-electron chi connectivity index (χ2n) is 4.96. The summed E-state index contributed by atoms with van der Waals surface area (Å²) in [6.07, 6.45) is 5.58. The molecule has 2 heterocycles. The molecule has 5 nitrogen and oxygen atoms in total. The zero-order chi connectivity index (χ0) is 15.4. The summed E-state index contributed by atoms with van der Waals surface area (Å²) in [6.45, 7) is 1.91. The van der Waals surface area contributed by atoms with Gasteiger partial charge in [-0.05, 0) is 24.6 Å². The fourth-order valence-electron chi connectivity index (χ4n) is 2.21. The van der Waals surface area contributed by atoms with Gasteiger partial charge in [0.2, 0.25) is 5.91 Å². The Labute approximate surface area is 128 Å². The average Bonchev–Trinajstić information content (AvgIpc) is 2.95. The van der Waals surface area contributed by atoms with Crippen LogP contribution < -0.4 is 5.32 Å². The third-order valence-electron chi connectivity index (χ3n) is 3.31. The fraction of sp³-hybridized carbons (Fsp3) is 0.118. The Morgan fingerprint density at radius 3 is 2.59 bits per heavy atom. The van der Waals surface area contributed by atoms with Crippen LogP contribution in [-0.4, -0.2) is 20.4 Å². The van der Waals surface area contributed by atoms with E-state index < -0.39 is 0 Å². The van der Waals surface area contributed by atoms with Crippen molar-refractivity contribution < 1.29 is 4.79 Å². The number of anilines is 1. The molecule has 5 heteroatoms. The van der Waals surface area contributed by atoms with Crippen LogP contribution in [0.2, 0.25) is 0 Å². The molecule has 110 valence electrons. The number of benzene rings is 1. The highest BCUT2D eigenvalue weighted by molar-refractivity contribution is 5.92. The van der Waals surface area contributed by atoms with E-state index in [-0.39, 0.29) is 5.91 Å². The molecule has 0 saturated heterocycles. The Hall–Kier alpha value is -2.95. The molecule has 3 aromatic rings. The van der Waals surface area contributed by atoms with E-state index in [1.165, 1.54) is 0 Å². The number of nitrogens with zero attached hydrogens (tertiary/aromatic N) is 3. The molecular weight excluding hydrogens is 276 g/mol. The first kappa shape index (κ1) is 14.0. The van der Waals surface area contributed by atoms with Gasteiger partial charge >= 0.3 is 0 Å². The Morgan fingerprint density at radius 2 is 1.95 bits per heavy atom. The Kier molecular flexibility index (Phi) is 3.96. The molecule has 2 aromatic heterocycles. The highest BCUT2D eigenvalue weighted by Gasteiger charge is 2.05. The van der Waals surface area contributed by atoms with Gasteiger partial charge in [0.15, 0.2) is 0 Å². The second kappa shape index (κ2) is 6.22.